The fraction of sp³-hybridized carbons (Fsp3) is 0.533. The van der Waals surface area contributed by atoms with Gasteiger partial charge in [0.25, 0.3) is 0 Å². The summed E-state index contributed by atoms with van der Waals surface area (Å²) in [4.78, 5) is 2.30. The highest BCUT2D eigenvalue weighted by Crippen LogP contribution is 2.17. The molecule has 0 saturated carbocycles. The first-order valence-electron chi connectivity index (χ1n) is 6.82. The van der Waals surface area contributed by atoms with Crippen LogP contribution in [0.3, 0.4) is 0 Å². The summed E-state index contributed by atoms with van der Waals surface area (Å²) in [7, 11) is 0. The largest absolute Gasteiger partial charge is 0.491 e. The minimum Gasteiger partial charge on any atom is -0.491 e. The van der Waals surface area contributed by atoms with Crippen LogP contribution in [-0.4, -0.2) is 53.4 Å². The average molecular weight is 292 g/mol. The molecule has 1 fully saturated rings. The Bertz CT molecular complexity index is 475. The molecule has 20 heavy (non-hydrogen) atoms. The van der Waals surface area contributed by atoms with Gasteiger partial charge in [-0.15, -0.1) is 0 Å². The van der Waals surface area contributed by atoms with E-state index in [2.05, 4.69) is 17.9 Å². The van der Waals surface area contributed by atoms with Gasteiger partial charge in [0.05, 0.1) is 11.6 Å². The van der Waals surface area contributed by atoms with Crippen molar-refractivity contribution < 1.29 is 9.84 Å². The number of aliphatic hydroxyl groups excluding tert-OH is 1. The lowest BCUT2D eigenvalue weighted by molar-refractivity contribution is 0.0596. The fourth-order valence-corrected chi connectivity index (χ4v) is 3.29. The molecule has 1 heterocycles. The van der Waals surface area contributed by atoms with Crippen molar-refractivity contribution in [1.82, 2.24) is 4.90 Å². The summed E-state index contributed by atoms with van der Waals surface area (Å²) in [5.74, 6) is 2.88. The van der Waals surface area contributed by atoms with E-state index in [9.17, 15) is 5.11 Å². The highest BCUT2D eigenvalue weighted by molar-refractivity contribution is 7.99. The molecule has 5 heteroatoms. The van der Waals surface area contributed by atoms with Crippen LogP contribution in [0.2, 0.25) is 0 Å². The number of thioether (sulfide) groups is 1. The molecule has 1 saturated heterocycles. The molecule has 1 aliphatic heterocycles. The van der Waals surface area contributed by atoms with Crippen molar-refractivity contribution in [1.29, 1.82) is 5.26 Å². The van der Waals surface area contributed by atoms with Crippen molar-refractivity contribution in [3.8, 4) is 11.8 Å². The number of nitriles is 1. The van der Waals surface area contributed by atoms with E-state index >= 15 is 0 Å². The van der Waals surface area contributed by atoms with E-state index in [1.54, 1.807) is 24.3 Å². The molecule has 1 N–H and O–H groups in total. The van der Waals surface area contributed by atoms with Crippen molar-refractivity contribution in [2.24, 2.45) is 0 Å². The predicted molar refractivity (Wildman–Crippen MR) is 81.0 cm³/mol. The van der Waals surface area contributed by atoms with E-state index < -0.39 is 6.10 Å². The number of benzene rings is 1. The second-order valence-corrected chi connectivity index (χ2v) is 6.17. The maximum absolute atomic E-state index is 10.1. The predicted octanol–water partition coefficient (Wildman–Crippen LogP) is 1.74. The SMILES string of the molecule is CC1CSCCN1CC(O)COc1cccc(C#N)c1. The van der Waals surface area contributed by atoms with Crippen LogP contribution in [-0.2, 0) is 0 Å². The van der Waals surface area contributed by atoms with Crippen molar-refractivity contribution in [3.05, 3.63) is 29.8 Å². The monoisotopic (exact) mass is 292 g/mol. The number of hydrogen-bond donors (Lipinski definition) is 1. The molecule has 0 bridgehead atoms. The van der Waals surface area contributed by atoms with Crippen LogP contribution in [0, 0.1) is 11.3 Å². The molecule has 0 amide bonds. The Kier molecular flexibility index (Phi) is 5.72. The zero-order chi connectivity index (χ0) is 14.4. The Morgan fingerprint density at radius 1 is 1.60 bits per heavy atom. The topological polar surface area (TPSA) is 56.5 Å². The van der Waals surface area contributed by atoms with E-state index in [4.69, 9.17) is 10.00 Å². The number of rotatable bonds is 5. The standard InChI is InChI=1S/C15H20N2O2S/c1-12-11-20-6-5-17(12)9-14(18)10-19-15-4-2-3-13(7-15)8-16/h2-4,7,12,14,18H,5-6,9-11H2,1H3. The first-order chi connectivity index (χ1) is 9.69. The van der Waals surface area contributed by atoms with Crippen molar-refractivity contribution in [2.75, 3.05) is 31.2 Å². The van der Waals surface area contributed by atoms with Crippen LogP contribution in [0.25, 0.3) is 0 Å². The van der Waals surface area contributed by atoms with Crippen molar-refractivity contribution >= 4 is 11.8 Å². The smallest absolute Gasteiger partial charge is 0.120 e. The van der Waals surface area contributed by atoms with Gasteiger partial charge in [0.1, 0.15) is 18.5 Å². The third-order valence-corrected chi connectivity index (χ3v) is 4.55. The van der Waals surface area contributed by atoms with Gasteiger partial charge in [0.15, 0.2) is 0 Å². The highest BCUT2D eigenvalue weighted by atomic mass is 32.2. The summed E-state index contributed by atoms with van der Waals surface area (Å²) in [6, 6.07) is 9.58. The molecule has 0 spiro atoms. The molecule has 1 aromatic carbocycles. The van der Waals surface area contributed by atoms with Crippen LogP contribution < -0.4 is 4.74 Å². The number of hydrogen-bond acceptors (Lipinski definition) is 5. The lowest BCUT2D eigenvalue weighted by atomic mass is 10.2. The molecule has 2 unspecified atom stereocenters. The fourth-order valence-electron chi connectivity index (χ4n) is 2.20. The zero-order valence-electron chi connectivity index (χ0n) is 11.7. The Labute approximate surface area is 124 Å². The lowest BCUT2D eigenvalue weighted by Gasteiger charge is -2.34. The molecule has 0 aromatic heterocycles. The maximum atomic E-state index is 10.1. The van der Waals surface area contributed by atoms with Gasteiger partial charge in [-0.05, 0) is 25.1 Å². The molecule has 0 radical (unpaired) electrons. The van der Waals surface area contributed by atoms with Crippen molar-refractivity contribution in [3.63, 3.8) is 0 Å². The third-order valence-electron chi connectivity index (χ3n) is 3.36. The minimum atomic E-state index is -0.508. The van der Waals surface area contributed by atoms with Crippen LogP contribution in [0.15, 0.2) is 24.3 Å². The van der Waals surface area contributed by atoms with E-state index in [-0.39, 0.29) is 6.61 Å². The molecular formula is C15H20N2O2S. The number of β-amino-alcohol motifs (C(OH)–C–C–N with tert-alkyl or cyclic N) is 1. The average Bonchev–Trinajstić information content (AvgIpc) is 2.48. The van der Waals surface area contributed by atoms with Gasteiger partial charge in [-0.1, -0.05) is 6.07 Å². The lowest BCUT2D eigenvalue weighted by Crippen LogP contribution is -2.45. The molecule has 0 aliphatic carbocycles. The quantitative estimate of drug-likeness (QED) is 0.896. The van der Waals surface area contributed by atoms with E-state index in [0.717, 1.165) is 18.1 Å². The van der Waals surface area contributed by atoms with Crippen LogP contribution in [0.5, 0.6) is 5.75 Å². The third kappa shape index (κ3) is 4.41. The summed E-state index contributed by atoms with van der Waals surface area (Å²) >= 11 is 1.96. The van der Waals surface area contributed by atoms with Crippen LogP contribution in [0.4, 0.5) is 0 Å². The summed E-state index contributed by atoms with van der Waals surface area (Å²) in [5.41, 5.74) is 0.568. The molecular weight excluding hydrogens is 272 g/mol. The highest BCUT2D eigenvalue weighted by Gasteiger charge is 2.21. The van der Waals surface area contributed by atoms with E-state index in [0.29, 0.717) is 23.9 Å². The second kappa shape index (κ2) is 7.53. The zero-order valence-corrected chi connectivity index (χ0v) is 12.5. The summed E-state index contributed by atoms with van der Waals surface area (Å²) in [6.45, 7) is 4.11. The number of aliphatic hydroxyl groups is 1. The number of ether oxygens (including phenoxy) is 1. The Morgan fingerprint density at radius 3 is 3.20 bits per heavy atom. The molecule has 2 atom stereocenters. The Morgan fingerprint density at radius 2 is 2.45 bits per heavy atom. The van der Waals surface area contributed by atoms with Crippen LogP contribution >= 0.6 is 11.8 Å². The number of nitrogens with zero attached hydrogens (tertiary/aromatic N) is 2. The van der Waals surface area contributed by atoms with E-state index in [1.807, 2.05) is 11.8 Å². The summed E-state index contributed by atoms with van der Waals surface area (Å²) in [5, 5.41) is 18.9. The van der Waals surface area contributed by atoms with Gasteiger partial charge in [0, 0.05) is 30.6 Å². The first-order valence-corrected chi connectivity index (χ1v) is 7.97. The summed E-state index contributed by atoms with van der Waals surface area (Å²) < 4.78 is 5.55. The van der Waals surface area contributed by atoms with Crippen molar-refractivity contribution in [2.45, 2.75) is 19.1 Å². The molecule has 4 nitrogen and oxygen atoms in total. The summed E-state index contributed by atoms with van der Waals surface area (Å²) in [6.07, 6.45) is -0.508. The van der Waals surface area contributed by atoms with Gasteiger partial charge in [-0.25, -0.2) is 0 Å². The van der Waals surface area contributed by atoms with Crippen LogP contribution in [0.1, 0.15) is 12.5 Å². The first kappa shape index (κ1) is 15.2. The van der Waals surface area contributed by atoms with Gasteiger partial charge in [0.2, 0.25) is 0 Å². The normalized spacial score (nSPS) is 21.1. The van der Waals surface area contributed by atoms with Gasteiger partial charge < -0.3 is 9.84 Å². The minimum absolute atomic E-state index is 0.255. The Hall–Kier alpha value is -1.22. The second-order valence-electron chi connectivity index (χ2n) is 5.02. The van der Waals surface area contributed by atoms with Gasteiger partial charge in [-0.3, -0.25) is 4.90 Å². The maximum Gasteiger partial charge on any atom is 0.120 e. The van der Waals surface area contributed by atoms with E-state index in [1.165, 1.54) is 0 Å². The molecule has 1 aromatic rings. The molecule has 2 rings (SSSR count). The van der Waals surface area contributed by atoms with Gasteiger partial charge >= 0.3 is 0 Å². The van der Waals surface area contributed by atoms with Gasteiger partial charge in [-0.2, -0.15) is 17.0 Å². The Balaban J connectivity index is 1.79. The molecule has 1 aliphatic rings. The molecule has 108 valence electrons.